The lowest BCUT2D eigenvalue weighted by Gasteiger charge is -2.15. The molecule has 0 aromatic carbocycles. The van der Waals surface area contributed by atoms with E-state index < -0.39 is 0 Å². The fourth-order valence-corrected chi connectivity index (χ4v) is 0.174. The van der Waals surface area contributed by atoms with Crippen molar-refractivity contribution < 1.29 is 14.8 Å². The van der Waals surface area contributed by atoms with Gasteiger partial charge in [-0.25, -0.2) is 9.78 Å². The molecular weight excluding hydrogens is 120 g/mol. The Morgan fingerprint density at radius 1 is 1.22 bits per heavy atom. The lowest BCUT2D eigenvalue weighted by molar-refractivity contribution is -0.537. The van der Waals surface area contributed by atoms with E-state index >= 15 is 0 Å². The summed E-state index contributed by atoms with van der Waals surface area (Å²) >= 11 is 0. The Morgan fingerprint density at radius 2 is 1.78 bits per heavy atom. The molecule has 0 aromatic heterocycles. The second kappa shape index (κ2) is 3.82. The minimum absolute atomic E-state index is 0.296. The molecule has 3 heteroatoms. The first-order valence-electron chi connectivity index (χ1n) is 3.03. The lowest BCUT2D eigenvalue weighted by Crippen LogP contribution is -2.19. The SMILES string of the molecule is CCOOOC(C)(C)C. The number of hydrogen-bond donors (Lipinski definition) is 0. The molecule has 56 valence electrons. The summed E-state index contributed by atoms with van der Waals surface area (Å²) in [6.07, 6.45) is 0. The molecule has 0 aliphatic carbocycles. The normalized spacial score (nSPS) is 12.0. The maximum atomic E-state index is 4.75. The summed E-state index contributed by atoms with van der Waals surface area (Å²) < 4.78 is 0. The maximum Gasteiger partial charge on any atom is 0.0983 e. The number of rotatable bonds is 3. The molecule has 0 aliphatic heterocycles. The molecule has 0 saturated heterocycles. The molecule has 0 heterocycles. The fourth-order valence-electron chi connectivity index (χ4n) is 0.174. The summed E-state index contributed by atoms with van der Waals surface area (Å²) in [6.45, 7) is 7.96. The molecule has 0 unspecified atom stereocenters. The molecule has 0 saturated carbocycles. The van der Waals surface area contributed by atoms with Gasteiger partial charge in [0.2, 0.25) is 0 Å². The predicted octanol–water partition coefficient (Wildman–Crippen LogP) is 1.68. The van der Waals surface area contributed by atoms with E-state index in [9.17, 15) is 0 Å². The van der Waals surface area contributed by atoms with Crippen LogP contribution in [-0.2, 0) is 14.8 Å². The Kier molecular flexibility index (Phi) is 3.77. The van der Waals surface area contributed by atoms with Crippen LogP contribution < -0.4 is 0 Å². The van der Waals surface area contributed by atoms with Crippen molar-refractivity contribution >= 4 is 0 Å². The van der Waals surface area contributed by atoms with E-state index in [0.717, 1.165) is 0 Å². The molecule has 0 rings (SSSR count). The van der Waals surface area contributed by atoms with Gasteiger partial charge in [-0.3, -0.25) is 0 Å². The van der Waals surface area contributed by atoms with Crippen LogP contribution in [0.15, 0.2) is 0 Å². The lowest BCUT2D eigenvalue weighted by atomic mass is 10.2. The van der Waals surface area contributed by atoms with Gasteiger partial charge >= 0.3 is 0 Å². The number of hydrogen-bond acceptors (Lipinski definition) is 3. The molecule has 0 bridgehead atoms. The Labute approximate surface area is 55.8 Å². The van der Waals surface area contributed by atoms with Crippen LogP contribution in [0.5, 0.6) is 0 Å². The van der Waals surface area contributed by atoms with Gasteiger partial charge < -0.3 is 0 Å². The van der Waals surface area contributed by atoms with Gasteiger partial charge in [-0.2, -0.15) is 0 Å². The topological polar surface area (TPSA) is 27.7 Å². The van der Waals surface area contributed by atoms with Gasteiger partial charge in [-0.15, -0.1) is 0 Å². The first-order valence-corrected chi connectivity index (χ1v) is 3.03. The second-order valence-corrected chi connectivity index (χ2v) is 2.67. The van der Waals surface area contributed by atoms with Crippen LogP contribution in [0.25, 0.3) is 0 Å². The van der Waals surface area contributed by atoms with Gasteiger partial charge in [0, 0.05) is 0 Å². The van der Waals surface area contributed by atoms with Crippen molar-refractivity contribution in [3.63, 3.8) is 0 Å². The van der Waals surface area contributed by atoms with Crippen LogP contribution in [0.1, 0.15) is 27.7 Å². The molecule has 0 aliphatic rings. The van der Waals surface area contributed by atoms with Crippen LogP contribution in [0, 0.1) is 0 Å². The highest BCUT2D eigenvalue weighted by Gasteiger charge is 2.11. The molecule has 0 aromatic rings. The van der Waals surface area contributed by atoms with Crippen molar-refractivity contribution in [2.75, 3.05) is 6.61 Å². The summed E-state index contributed by atoms with van der Waals surface area (Å²) in [5, 5.41) is 4.35. The van der Waals surface area contributed by atoms with Crippen molar-refractivity contribution in [1.82, 2.24) is 0 Å². The van der Waals surface area contributed by atoms with Crippen molar-refractivity contribution in [1.29, 1.82) is 0 Å². The fraction of sp³-hybridized carbons (Fsp3) is 1.00. The standard InChI is InChI=1S/C6H14O3/c1-5-7-9-8-6(2,3)4/h5H2,1-4H3. The van der Waals surface area contributed by atoms with E-state index in [1.54, 1.807) is 0 Å². The van der Waals surface area contributed by atoms with Crippen molar-refractivity contribution in [3.8, 4) is 0 Å². The molecule has 9 heavy (non-hydrogen) atoms. The zero-order valence-electron chi connectivity index (χ0n) is 6.43. The highest BCUT2D eigenvalue weighted by molar-refractivity contribution is 4.53. The highest BCUT2D eigenvalue weighted by Crippen LogP contribution is 2.06. The zero-order chi connectivity index (χ0) is 7.33. The smallest absolute Gasteiger partial charge is 0.0983 e. The van der Waals surface area contributed by atoms with E-state index in [1.165, 1.54) is 0 Å². The molecular formula is C6H14O3. The van der Waals surface area contributed by atoms with E-state index in [2.05, 4.69) is 9.93 Å². The summed E-state index contributed by atoms with van der Waals surface area (Å²) in [5.74, 6) is 0. The molecule has 0 atom stereocenters. The molecule has 0 amide bonds. The van der Waals surface area contributed by atoms with Crippen LogP contribution in [0.3, 0.4) is 0 Å². The summed E-state index contributed by atoms with van der Waals surface area (Å²) in [5.41, 5.74) is -0.296. The van der Waals surface area contributed by atoms with E-state index in [1.807, 2.05) is 27.7 Å². The van der Waals surface area contributed by atoms with Crippen LogP contribution in [0.4, 0.5) is 0 Å². The Balaban J connectivity index is 3.07. The van der Waals surface area contributed by atoms with E-state index in [4.69, 9.17) is 4.89 Å². The molecule has 0 spiro atoms. The largest absolute Gasteiger partial charge is 0.206 e. The predicted molar refractivity (Wildman–Crippen MR) is 33.5 cm³/mol. The van der Waals surface area contributed by atoms with Gasteiger partial charge in [0.25, 0.3) is 0 Å². The van der Waals surface area contributed by atoms with Crippen LogP contribution in [-0.4, -0.2) is 12.2 Å². The zero-order valence-corrected chi connectivity index (χ0v) is 6.43. The summed E-state index contributed by atoms with van der Waals surface area (Å²) in [6, 6.07) is 0. The van der Waals surface area contributed by atoms with Gasteiger partial charge in [0.15, 0.2) is 0 Å². The highest BCUT2D eigenvalue weighted by atomic mass is 17.5. The van der Waals surface area contributed by atoms with Gasteiger partial charge in [-0.05, 0) is 27.7 Å². The van der Waals surface area contributed by atoms with Gasteiger partial charge in [-0.1, -0.05) is 5.04 Å². The molecule has 0 fully saturated rings. The molecule has 0 N–H and O–H groups in total. The first-order chi connectivity index (χ1) is 4.06. The van der Waals surface area contributed by atoms with Crippen LogP contribution >= 0.6 is 0 Å². The van der Waals surface area contributed by atoms with Gasteiger partial charge in [0.1, 0.15) is 0 Å². The van der Waals surface area contributed by atoms with Crippen LogP contribution in [0.2, 0.25) is 0 Å². The Morgan fingerprint density at radius 3 is 2.11 bits per heavy atom. The molecule has 0 radical (unpaired) electrons. The third-order valence-electron chi connectivity index (χ3n) is 0.450. The maximum absolute atomic E-state index is 4.75. The van der Waals surface area contributed by atoms with Crippen molar-refractivity contribution in [2.24, 2.45) is 0 Å². The Hall–Kier alpha value is -0.120. The quantitative estimate of drug-likeness (QED) is 0.334. The monoisotopic (exact) mass is 134 g/mol. The first kappa shape index (κ1) is 8.88. The minimum Gasteiger partial charge on any atom is -0.206 e. The third-order valence-corrected chi connectivity index (χ3v) is 0.450. The van der Waals surface area contributed by atoms with E-state index in [-0.39, 0.29) is 5.60 Å². The van der Waals surface area contributed by atoms with Crippen molar-refractivity contribution in [2.45, 2.75) is 33.3 Å². The third kappa shape index (κ3) is 7.88. The average Bonchev–Trinajstić information content (AvgIpc) is 1.63. The summed E-state index contributed by atoms with van der Waals surface area (Å²) in [4.78, 5) is 9.23. The van der Waals surface area contributed by atoms with Crippen molar-refractivity contribution in [3.05, 3.63) is 0 Å². The second-order valence-electron chi connectivity index (χ2n) is 2.67. The average molecular weight is 134 g/mol. The minimum atomic E-state index is -0.296. The Bertz CT molecular complexity index is 65.2. The van der Waals surface area contributed by atoms with E-state index in [0.29, 0.717) is 6.61 Å². The molecule has 3 nitrogen and oxygen atoms in total. The summed E-state index contributed by atoms with van der Waals surface area (Å²) in [7, 11) is 0. The van der Waals surface area contributed by atoms with Gasteiger partial charge in [0.05, 0.1) is 12.2 Å².